The highest BCUT2D eigenvalue weighted by Crippen LogP contribution is 2.33. The highest BCUT2D eigenvalue weighted by molar-refractivity contribution is 5.89. The van der Waals surface area contributed by atoms with Gasteiger partial charge in [-0.15, -0.1) is 0 Å². The number of morpholine rings is 1. The molecule has 0 aliphatic carbocycles. The average Bonchev–Trinajstić information content (AvgIpc) is 2.87. The second-order valence-corrected chi connectivity index (χ2v) is 5.31. The summed E-state index contributed by atoms with van der Waals surface area (Å²) in [5.41, 5.74) is -0.0738. The van der Waals surface area contributed by atoms with Crippen LogP contribution in [0.4, 0.5) is 4.79 Å². The summed E-state index contributed by atoms with van der Waals surface area (Å²) in [7, 11) is 1.30. The van der Waals surface area contributed by atoms with Crippen LogP contribution in [0.5, 0.6) is 0 Å². The molecule has 2 saturated heterocycles. The van der Waals surface area contributed by atoms with E-state index in [1.54, 1.807) is 0 Å². The first-order chi connectivity index (χ1) is 10.2. The van der Waals surface area contributed by atoms with Crippen LogP contribution in [0.25, 0.3) is 0 Å². The number of methoxy groups -OCH3 is 1. The lowest BCUT2D eigenvalue weighted by molar-refractivity contribution is -0.164. The Hall–Kier alpha value is -2.08. The first-order valence-electron chi connectivity index (χ1n) is 6.83. The largest absolute Gasteiger partial charge is 0.467 e. The van der Waals surface area contributed by atoms with Crippen LogP contribution in [-0.2, 0) is 25.4 Å². The number of hydrogen-bond donors (Lipinski definition) is 0. The Balaban J connectivity index is 1.88. The van der Waals surface area contributed by atoms with Crippen molar-refractivity contribution in [2.45, 2.75) is 18.0 Å². The molecule has 21 heavy (non-hydrogen) atoms. The number of ether oxygens (including phenoxy) is 3. The van der Waals surface area contributed by atoms with Gasteiger partial charge in [0.05, 0.1) is 26.4 Å². The minimum Gasteiger partial charge on any atom is -0.467 e. The molecular weight excluding hydrogens is 274 g/mol. The molecule has 6 nitrogen and oxygen atoms in total. The molecule has 6 heteroatoms. The zero-order valence-electron chi connectivity index (χ0n) is 11.8. The first kappa shape index (κ1) is 13.9. The lowest BCUT2D eigenvalue weighted by Crippen LogP contribution is -2.65. The molecular formula is C15H17NO5. The SMILES string of the molecule is COC(=O)[C@@]12COC[C@H](Cc3ccccc3)N1C(=O)OC2. The van der Waals surface area contributed by atoms with E-state index in [2.05, 4.69) is 0 Å². The lowest BCUT2D eigenvalue weighted by atomic mass is 9.94. The number of benzene rings is 1. The van der Waals surface area contributed by atoms with Gasteiger partial charge in [0.2, 0.25) is 5.54 Å². The first-order valence-corrected chi connectivity index (χ1v) is 6.83. The van der Waals surface area contributed by atoms with E-state index >= 15 is 0 Å². The van der Waals surface area contributed by atoms with E-state index in [-0.39, 0.29) is 19.3 Å². The smallest absolute Gasteiger partial charge is 0.411 e. The van der Waals surface area contributed by atoms with Crippen molar-refractivity contribution in [3.05, 3.63) is 35.9 Å². The molecule has 0 aromatic heterocycles. The Kier molecular flexibility index (Phi) is 3.55. The number of amides is 1. The summed E-state index contributed by atoms with van der Waals surface area (Å²) in [5, 5.41) is 0. The lowest BCUT2D eigenvalue weighted by Gasteiger charge is -2.42. The molecule has 1 aromatic carbocycles. The van der Waals surface area contributed by atoms with Gasteiger partial charge in [-0.25, -0.2) is 9.59 Å². The predicted molar refractivity (Wildman–Crippen MR) is 72.7 cm³/mol. The molecule has 1 aromatic rings. The van der Waals surface area contributed by atoms with Gasteiger partial charge in [0, 0.05) is 0 Å². The molecule has 0 bridgehead atoms. The molecule has 2 heterocycles. The van der Waals surface area contributed by atoms with Crippen molar-refractivity contribution >= 4 is 12.1 Å². The second kappa shape index (κ2) is 5.37. The van der Waals surface area contributed by atoms with E-state index < -0.39 is 17.6 Å². The van der Waals surface area contributed by atoms with Crippen LogP contribution in [0.1, 0.15) is 5.56 Å². The second-order valence-electron chi connectivity index (χ2n) is 5.31. The molecule has 112 valence electrons. The topological polar surface area (TPSA) is 65.1 Å². The number of cyclic esters (lactones) is 1. The number of fused-ring (bicyclic) bond motifs is 1. The van der Waals surface area contributed by atoms with Crippen molar-refractivity contribution in [1.82, 2.24) is 4.90 Å². The Bertz CT molecular complexity index is 546. The van der Waals surface area contributed by atoms with Crippen molar-refractivity contribution in [3.8, 4) is 0 Å². The van der Waals surface area contributed by atoms with Gasteiger partial charge in [-0.3, -0.25) is 4.90 Å². The number of esters is 1. The van der Waals surface area contributed by atoms with Crippen LogP contribution in [0.3, 0.4) is 0 Å². The highest BCUT2D eigenvalue weighted by atomic mass is 16.6. The van der Waals surface area contributed by atoms with Gasteiger partial charge >= 0.3 is 12.1 Å². The Labute approximate surface area is 122 Å². The van der Waals surface area contributed by atoms with Gasteiger partial charge in [0.15, 0.2) is 0 Å². The molecule has 0 spiro atoms. The number of rotatable bonds is 3. The third kappa shape index (κ3) is 2.25. The van der Waals surface area contributed by atoms with Gasteiger partial charge < -0.3 is 14.2 Å². The van der Waals surface area contributed by atoms with Gasteiger partial charge in [0.1, 0.15) is 6.61 Å². The highest BCUT2D eigenvalue weighted by Gasteiger charge is 2.59. The van der Waals surface area contributed by atoms with E-state index in [9.17, 15) is 9.59 Å². The molecule has 0 radical (unpaired) electrons. The van der Waals surface area contributed by atoms with E-state index in [0.717, 1.165) is 5.56 Å². The number of carbonyl (C=O) groups excluding carboxylic acids is 2. The molecule has 2 aliphatic rings. The van der Waals surface area contributed by atoms with Crippen LogP contribution in [0, 0.1) is 0 Å². The number of nitrogens with zero attached hydrogens (tertiary/aromatic N) is 1. The maximum absolute atomic E-state index is 12.1. The van der Waals surface area contributed by atoms with Gasteiger partial charge in [-0.1, -0.05) is 30.3 Å². The van der Waals surface area contributed by atoms with Gasteiger partial charge in [0.25, 0.3) is 0 Å². The van der Waals surface area contributed by atoms with Crippen LogP contribution in [0.2, 0.25) is 0 Å². The van der Waals surface area contributed by atoms with Crippen LogP contribution in [-0.4, -0.2) is 55.5 Å². The molecule has 3 rings (SSSR count). The van der Waals surface area contributed by atoms with Crippen molar-refractivity contribution in [2.24, 2.45) is 0 Å². The van der Waals surface area contributed by atoms with E-state index in [1.165, 1.54) is 12.0 Å². The van der Waals surface area contributed by atoms with Crippen molar-refractivity contribution in [2.75, 3.05) is 26.9 Å². The maximum Gasteiger partial charge on any atom is 0.411 e. The van der Waals surface area contributed by atoms with E-state index in [0.29, 0.717) is 13.0 Å². The fourth-order valence-electron chi connectivity index (χ4n) is 2.99. The molecule has 2 atom stereocenters. The van der Waals surface area contributed by atoms with Crippen molar-refractivity contribution < 1.29 is 23.8 Å². The van der Waals surface area contributed by atoms with Gasteiger partial charge in [-0.2, -0.15) is 0 Å². The summed E-state index contributed by atoms with van der Waals surface area (Å²) in [6.45, 7) is 0.462. The van der Waals surface area contributed by atoms with Crippen LogP contribution in [0.15, 0.2) is 30.3 Å². The molecule has 1 amide bonds. The zero-order chi connectivity index (χ0) is 14.9. The molecule has 0 N–H and O–H groups in total. The minimum atomic E-state index is -1.15. The summed E-state index contributed by atoms with van der Waals surface area (Å²) in [6, 6.07) is 9.54. The molecule has 0 unspecified atom stereocenters. The molecule has 0 saturated carbocycles. The Morgan fingerprint density at radius 2 is 2.14 bits per heavy atom. The fraction of sp³-hybridized carbons (Fsp3) is 0.467. The normalized spacial score (nSPS) is 28.0. The predicted octanol–water partition coefficient (Wildman–Crippen LogP) is 0.992. The summed E-state index contributed by atoms with van der Waals surface area (Å²) < 4.78 is 15.5. The molecule has 2 fully saturated rings. The summed E-state index contributed by atoms with van der Waals surface area (Å²) >= 11 is 0. The zero-order valence-corrected chi connectivity index (χ0v) is 11.8. The summed E-state index contributed by atoms with van der Waals surface area (Å²) in [5.74, 6) is -0.494. The fourth-order valence-corrected chi connectivity index (χ4v) is 2.99. The summed E-state index contributed by atoms with van der Waals surface area (Å²) in [4.78, 5) is 25.7. The quantitative estimate of drug-likeness (QED) is 0.777. The number of carbonyl (C=O) groups is 2. The van der Waals surface area contributed by atoms with Crippen LogP contribution < -0.4 is 0 Å². The van der Waals surface area contributed by atoms with Gasteiger partial charge in [-0.05, 0) is 12.0 Å². The Morgan fingerprint density at radius 3 is 2.86 bits per heavy atom. The third-order valence-electron chi connectivity index (χ3n) is 3.99. The van der Waals surface area contributed by atoms with E-state index in [1.807, 2.05) is 30.3 Å². The van der Waals surface area contributed by atoms with Crippen molar-refractivity contribution in [1.29, 1.82) is 0 Å². The third-order valence-corrected chi connectivity index (χ3v) is 3.99. The van der Waals surface area contributed by atoms with Crippen LogP contribution >= 0.6 is 0 Å². The monoisotopic (exact) mass is 291 g/mol. The summed E-state index contributed by atoms with van der Waals surface area (Å²) in [6.07, 6.45) is 0.124. The minimum absolute atomic E-state index is 0.0240. The van der Waals surface area contributed by atoms with Crippen molar-refractivity contribution in [3.63, 3.8) is 0 Å². The Morgan fingerprint density at radius 1 is 1.38 bits per heavy atom. The number of hydrogen-bond acceptors (Lipinski definition) is 5. The average molecular weight is 291 g/mol. The molecule has 2 aliphatic heterocycles. The standard InChI is InChI=1S/C15H17NO5/c1-19-13(17)15-9-20-8-12(16(15)14(18)21-10-15)7-11-5-3-2-4-6-11/h2-6,12H,7-10H2,1H3/t12-,15-/m0/s1. The maximum atomic E-state index is 12.1. The van der Waals surface area contributed by atoms with E-state index in [4.69, 9.17) is 14.2 Å².